The van der Waals surface area contributed by atoms with Gasteiger partial charge in [0.15, 0.2) is 0 Å². The van der Waals surface area contributed by atoms with E-state index in [1.165, 1.54) is 0 Å². The van der Waals surface area contributed by atoms with Crippen LogP contribution in [0.1, 0.15) is 25.5 Å². The molecule has 4 heteroatoms. The molecule has 2 aromatic rings. The van der Waals surface area contributed by atoms with Crippen molar-refractivity contribution in [3.8, 4) is 0 Å². The Hall–Kier alpha value is -2.10. The average molecular weight is 257 g/mol. The monoisotopic (exact) mass is 257 g/mol. The third kappa shape index (κ3) is 3.68. The number of benzene rings is 1. The number of nitrogens with zero attached hydrogens (tertiary/aromatic N) is 2. The van der Waals surface area contributed by atoms with E-state index >= 15 is 0 Å². The van der Waals surface area contributed by atoms with Gasteiger partial charge in [0.2, 0.25) is 5.91 Å². The highest BCUT2D eigenvalue weighted by atomic mass is 16.2. The summed E-state index contributed by atoms with van der Waals surface area (Å²) in [5, 5.41) is 0. The number of carbonyl (C=O) groups excluding carboxylic acids is 1. The van der Waals surface area contributed by atoms with E-state index < -0.39 is 0 Å². The molecule has 1 N–H and O–H groups in total. The smallest absolute Gasteiger partial charge is 0.226 e. The van der Waals surface area contributed by atoms with E-state index in [4.69, 9.17) is 0 Å². The van der Waals surface area contributed by atoms with Gasteiger partial charge in [-0.05, 0) is 18.6 Å². The molecule has 0 radical (unpaired) electrons. The molecular formula is C15H19N3O. The summed E-state index contributed by atoms with van der Waals surface area (Å²) >= 11 is 0. The van der Waals surface area contributed by atoms with Gasteiger partial charge in [-0.3, -0.25) is 4.79 Å². The van der Waals surface area contributed by atoms with Gasteiger partial charge < -0.3 is 9.88 Å². The summed E-state index contributed by atoms with van der Waals surface area (Å²) in [6.45, 7) is 2.70. The predicted octanol–water partition coefficient (Wildman–Crippen LogP) is 2.79. The lowest BCUT2D eigenvalue weighted by Crippen LogP contribution is -2.32. The Morgan fingerprint density at radius 1 is 1.32 bits per heavy atom. The highest BCUT2D eigenvalue weighted by Gasteiger charge is 2.14. The summed E-state index contributed by atoms with van der Waals surface area (Å²) in [5.74, 6) is 0.174. The summed E-state index contributed by atoms with van der Waals surface area (Å²) in [4.78, 5) is 21.1. The molecule has 1 heterocycles. The lowest BCUT2D eigenvalue weighted by atomic mass is 10.2. The minimum Gasteiger partial charge on any atom is -0.348 e. The first kappa shape index (κ1) is 13.3. The number of aromatic amines is 1. The lowest BCUT2D eigenvalue weighted by molar-refractivity contribution is -0.118. The molecule has 0 spiro atoms. The molecular weight excluding hydrogens is 238 g/mol. The molecule has 0 fully saturated rings. The summed E-state index contributed by atoms with van der Waals surface area (Å²) < 4.78 is 0. The first-order chi connectivity index (χ1) is 9.31. The van der Waals surface area contributed by atoms with E-state index in [0.29, 0.717) is 13.0 Å². The molecule has 0 saturated heterocycles. The van der Waals surface area contributed by atoms with Crippen LogP contribution in [0.25, 0.3) is 0 Å². The molecule has 0 aliphatic rings. The molecule has 1 amide bonds. The van der Waals surface area contributed by atoms with Gasteiger partial charge in [-0.2, -0.15) is 0 Å². The summed E-state index contributed by atoms with van der Waals surface area (Å²) in [6, 6.07) is 9.82. The number of H-pyrrole nitrogens is 1. The van der Waals surface area contributed by atoms with Crippen LogP contribution in [-0.4, -0.2) is 22.4 Å². The van der Waals surface area contributed by atoms with Gasteiger partial charge in [-0.25, -0.2) is 4.98 Å². The van der Waals surface area contributed by atoms with Crippen molar-refractivity contribution in [1.82, 2.24) is 9.97 Å². The van der Waals surface area contributed by atoms with Crippen LogP contribution in [0.3, 0.4) is 0 Å². The molecule has 1 aromatic carbocycles. The molecule has 0 aliphatic carbocycles. The second-order valence-corrected chi connectivity index (χ2v) is 4.46. The van der Waals surface area contributed by atoms with Crippen LogP contribution in [0.2, 0.25) is 0 Å². The first-order valence-electron chi connectivity index (χ1n) is 6.64. The second-order valence-electron chi connectivity index (χ2n) is 4.46. The minimum absolute atomic E-state index is 0.174. The molecule has 2 rings (SSSR count). The Labute approximate surface area is 113 Å². The van der Waals surface area contributed by atoms with Gasteiger partial charge >= 0.3 is 0 Å². The molecule has 0 unspecified atom stereocenters. The number of imidazole rings is 1. The quantitative estimate of drug-likeness (QED) is 0.865. The zero-order chi connectivity index (χ0) is 13.5. The maximum Gasteiger partial charge on any atom is 0.226 e. The molecule has 19 heavy (non-hydrogen) atoms. The van der Waals surface area contributed by atoms with Crippen molar-refractivity contribution in [3.05, 3.63) is 48.5 Å². The van der Waals surface area contributed by atoms with Gasteiger partial charge in [0, 0.05) is 37.0 Å². The second kappa shape index (κ2) is 6.73. The number of rotatable bonds is 6. The topological polar surface area (TPSA) is 49.0 Å². The largest absolute Gasteiger partial charge is 0.348 e. The van der Waals surface area contributed by atoms with Gasteiger partial charge in [-0.15, -0.1) is 0 Å². The molecule has 0 bridgehead atoms. The Balaban J connectivity index is 2.08. The fourth-order valence-electron chi connectivity index (χ4n) is 2.01. The van der Waals surface area contributed by atoms with Gasteiger partial charge in [0.05, 0.1) is 6.33 Å². The molecule has 0 aliphatic heterocycles. The first-order valence-corrected chi connectivity index (χ1v) is 6.64. The van der Waals surface area contributed by atoms with E-state index in [1.54, 1.807) is 12.5 Å². The van der Waals surface area contributed by atoms with Gasteiger partial charge in [0.25, 0.3) is 0 Å². The highest BCUT2D eigenvalue weighted by Crippen LogP contribution is 2.15. The Morgan fingerprint density at radius 3 is 2.74 bits per heavy atom. The summed E-state index contributed by atoms with van der Waals surface area (Å²) in [6.07, 6.45) is 5.69. The molecule has 0 saturated carbocycles. The standard InChI is InChI=1S/C15H19N3O/c1-2-6-15(19)18(14-7-4-3-5-8-14)10-9-13-11-16-12-17-13/h3-5,7-8,11-12H,2,6,9-10H2,1H3,(H,16,17). The lowest BCUT2D eigenvalue weighted by Gasteiger charge is -2.22. The highest BCUT2D eigenvalue weighted by molar-refractivity contribution is 5.93. The predicted molar refractivity (Wildman–Crippen MR) is 76.0 cm³/mol. The van der Waals surface area contributed by atoms with Crippen molar-refractivity contribution in [2.24, 2.45) is 0 Å². The van der Waals surface area contributed by atoms with Crippen LogP contribution in [-0.2, 0) is 11.2 Å². The van der Waals surface area contributed by atoms with Crippen LogP contribution in [0.4, 0.5) is 5.69 Å². The van der Waals surface area contributed by atoms with Gasteiger partial charge in [0.1, 0.15) is 0 Å². The van der Waals surface area contributed by atoms with Gasteiger partial charge in [-0.1, -0.05) is 25.1 Å². The molecule has 4 nitrogen and oxygen atoms in total. The maximum atomic E-state index is 12.2. The Kier molecular flexibility index (Phi) is 4.72. The van der Waals surface area contributed by atoms with E-state index in [9.17, 15) is 4.79 Å². The summed E-state index contributed by atoms with van der Waals surface area (Å²) in [5.41, 5.74) is 2.01. The summed E-state index contributed by atoms with van der Waals surface area (Å²) in [7, 11) is 0. The number of para-hydroxylation sites is 1. The van der Waals surface area contributed by atoms with Crippen molar-refractivity contribution in [1.29, 1.82) is 0 Å². The van der Waals surface area contributed by atoms with Crippen LogP contribution in [0.15, 0.2) is 42.9 Å². The van der Waals surface area contributed by atoms with Crippen molar-refractivity contribution in [3.63, 3.8) is 0 Å². The third-order valence-electron chi connectivity index (χ3n) is 2.99. The number of hydrogen-bond acceptors (Lipinski definition) is 2. The van der Waals surface area contributed by atoms with Crippen LogP contribution in [0, 0.1) is 0 Å². The van der Waals surface area contributed by atoms with Crippen molar-refractivity contribution >= 4 is 11.6 Å². The molecule has 1 aromatic heterocycles. The van der Waals surface area contributed by atoms with Crippen LogP contribution >= 0.6 is 0 Å². The number of nitrogens with one attached hydrogen (secondary N) is 1. The number of amides is 1. The maximum absolute atomic E-state index is 12.2. The van der Waals surface area contributed by atoms with Crippen molar-refractivity contribution in [2.75, 3.05) is 11.4 Å². The van der Waals surface area contributed by atoms with Crippen LogP contribution in [0.5, 0.6) is 0 Å². The van der Waals surface area contributed by atoms with Crippen molar-refractivity contribution in [2.45, 2.75) is 26.2 Å². The number of aromatic nitrogens is 2. The zero-order valence-corrected chi connectivity index (χ0v) is 11.2. The third-order valence-corrected chi connectivity index (χ3v) is 2.99. The Bertz CT molecular complexity index is 493. The number of anilines is 1. The fourth-order valence-corrected chi connectivity index (χ4v) is 2.01. The average Bonchev–Trinajstić information content (AvgIpc) is 2.94. The van der Waals surface area contributed by atoms with Crippen LogP contribution < -0.4 is 4.90 Å². The normalized spacial score (nSPS) is 10.4. The molecule has 0 atom stereocenters. The molecule has 100 valence electrons. The fraction of sp³-hybridized carbons (Fsp3) is 0.333. The van der Waals surface area contributed by atoms with E-state index in [2.05, 4.69) is 9.97 Å². The zero-order valence-electron chi connectivity index (χ0n) is 11.2. The van der Waals surface area contributed by atoms with Crippen molar-refractivity contribution < 1.29 is 4.79 Å². The van der Waals surface area contributed by atoms with E-state index in [1.807, 2.05) is 42.2 Å². The SMILES string of the molecule is CCCC(=O)N(CCc1cnc[nH]1)c1ccccc1. The van der Waals surface area contributed by atoms with E-state index in [0.717, 1.165) is 24.2 Å². The number of carbonyl (C=O) groups is 1. The Morgan fingerprint density at radius 2 is 2.11 bits per heavy atom. The van der Waals surface area contributed by atoms with E-state index in [-0.39, 0.29) is 5.91 Å². The number of hydrogen-bond donors (Lipinski definition) is 1. The minimum atomic E-state index is 0.174.